The van der Waals surface area contributed by atoms with Gasteiger partial charge in [0.1, 0.15) is 0 Å². The van der Waals surface area contributed by atoms with Crippen LogP contribution in [0.3, 0.4) is 0 Å². The smallest absolute Gasteiger partial charge is 0.243 e. The quantitative estimate of drug-likeness (QED) is 0.832. The Morgan fingerprint density at radius 3 is 2.57 bits per heavy atom. The number of hydrogen-bond acceptors (Lipinski definition) is 3. The standard InChI is InChI=1S/C15H22ClNO3S/c1-12(2)11-20-14-6-8-17(9-7-14)21(18,19)15-5-3-4-13(16)10-15/h3-5,10,12,14H,6-9,11H2,1-2H3. The molecule has 0 atom stereocenters. The summed E-state index contributed by atoms with van der Waals surface area (Å²) in [7, 11) is -3.45. The third-order valence-electron chi connectivity index (χ3n) is 3.50. The van der Waals surface area contributed by atoms with E-state index < -0.39 is 10.0 Å². The SMILES string of the molecule is CC(C)COC1CCN(S(=O)(=O)c2cccc(Cl)c2)CC1. The van der Waals surface area contributed by atoms with Crippen molar-refractivity contribution in [3.63, 3.8) is 0 Å². The molecule has 6 heteroatoms. The highest BCUT2D eigenvalue weighted by molar-refractivity contribution is 7.89. The average Bonchev–Trinajstić information content (AvgIpc) is 2.45. The molecule has 0 saturated carbocycles. The van der Waals surface area contributed by atoms with Crippen LogP contribution in [0.4, 0.5) is 0 Å². The van der Waals surface area contributed by atoms with E-state index in [-0.39, 0.29) is 11.0 Å². The minimum Gasteiger partial charge on any atom is -0.378 e. The summed E-state index contributed by atoms with van der Waals surface area (Å²) in [5.74, 6) is 0.498. The number of nitrogens with zero attached hydrogens (tertiary/aromatic N) is 1. The molecule has 21 heavy (non-hydrogen) atoms. The summed E-state index contributed by atoms with van der Waals surface area (Å²) in [4.78, 5) is 0.261. The second-order valence-electron chi connectivity index (χ2n) is 5.79. The highest BCUT2D eigenvalue weighted by atomic mass is 35.5. The number of halogens is 1. The lowest BCUT2D eigenvalue weighted by Crippen LogP contribution is -2.41. The molecule has 0 spiro atoms. The summed E-state index contributed by atoms with van der Waals surface area (Å²) in [5.41, 5.74) is 0. The molecule has 1 aliphatic heterocycles. The van der Waals surface area contributed by atoms with Crippen LogP contribution < -0.4 is 0 Å². The molecule has 0 N–H and O–H groups in total. The Balaban J connectivity index is 1.98. The summed E-state index contributed by atoms with van der Waals surface area (Å²) in [6.07, 6.45) is 1.65. The first-order valence-corrected chi connectivity index (χ1v) is 9.08. The van der Waals surface area contributed by atoms with Gasteiger partial charge in [-0.2, -0.15) is 4.31 Å². The van der Waals surface area contributed by atoms with E-state index in [1.54, 1.807) is 18.2 Å². The van der Waals surface area contributed by atoms with Crippen LogP contribution >= 0.6 is 11.6 Å². The third kappa shape index (κ3) is 4.42. The minimum absolute atomic E-state index is 0.165. The van der Waals surface area contributed by atoms with Gasteiger partial charge in [0.15, 0.2) is 0 Å². The Morgan fingerprint density at radius 1 is 1.33 bits per heavy atom. The maximum Gasteiger partial charge on any atom is 0.243 e. The molecule has 0 bridgehead atoms. The van der Waals surface area contributed by atoms with E-state index in [2.05, 4.69) is 13.8 Å². The Kier molecular flexibility index (Phi) is 5.66. The third-order valence-corrected chi connectivity index (χ3v) is 5.63. The predicted octanol–water partition coefficient (Wildman–Crippen LogP) is 3.17. The van der Waals surface area contributed by atoms with Crippen LogP contribution in [-0.2, 0) is 14.8 Å². The lowest BCUT2D eigenvalue weighted by Gasteiger charge is -2.31. The molecule has 1 heterocycles. The molecule has 0 aromatic heterocycles. The summed E-state index contributed by atoms with van der Waals surface area (Å²) in [6.45, 7) is 5.94. The van der Waals surface area contributed by atoms with Gasteiger partial charge in [-0.05, 0) is 37.0 Å². The fraction of sp³-hybridized carbons (Fsp3) is 0.600. The number of benzene rings is 1. The maximum absolute atomic E-state index is 12.5. The highest BCUT2D eigenvalue weighted by Gasteiger charge is 2.29. The van der Waals surface area contributed by atoms with Crippen molar-refractivity contribution >= 4 is 21.6 Å². The molecule has 0 amide bonds. The van der Waals surface area contributed by atoms with E-state index in [1.165, 1.54) is 10.4 Å². The topological polar surface area (TPSA) is 46.6 Å². The lowest BCUT2D eigenvalue weighted by molar-refractivity contribution is 0.00749. The van der Waals surface area contributed by atoms with Crippen molar-refractivity contribution in [1.82, 2.24) is 4.31 Å². The molecule has 1 fully saturated rings. The fourth-order valence-electron chi connectivity index (χ4n) is 2.34. The number of ether oxygens (including phenoxy) is 1. The van der Waals surface area contributed by atoms with Gasteiger partial charge in [-0.15, -0.1) is 0 Å². The van der Waals surface area contributed by atoms with Crippen molar-refractivity contribution in [3.05, 3.63) is 29.3 Å². The Morgan fingerprint density at radius 2 is 2.00 bits per heavy atom. The zero-order chi connectivity index (χ0) is 15.5. The summed E-state index contributed by atoms with van der Waals surface area (Å²) < 4.78 is 32.4. The van der Waals surface area contributed by atoms with E-state index in [0.29, 0.717) is 24.0 Å². The largest absolute Gasteiger partial charge is 0.378 e. The zero-order valence-corrected chi connectivity index (χ0v) is 14.0. The second-order valence-corrected chi connectivity index (χ2v) is 8.16. The highest BCUT2D eigenvalue weighted by Crippen LogP contribution is 2.24. The molecule has 0 unspecified atom stereocenters. The summed E-state index contributed by atoms with van der Waals surface area (Å²) in [6, 6.07) is 6.42. The van der Waals surface area contributed by atoms with Gasteiger partial charge in [-0.1, -0.05) is 31.5 Å². The molecule has 2 rings (SSSR count). The summed E-state index contributed by atoms with van der Waals surface area (Å²) >= 11 is 5.88. The predicted molar refractivity (Wildman–Crippen MR) is 84.0 cm³/mol. The van der Waals surface area contributed by atoms with Crippen LogP contribution in [0, 0.1) is 5.92 Å². The van der Waals surface area contributed by atoms with Gasteiger partial charge in [-0.25, -0.2) is 8.42 Å². The maximum atomic E-state index is 12.5. The first-order valence-electron chi connectivity index (χ1n) is 7.27. The number of piperidine rings is 1. The van der Waals surface area contributed by atoms with Crippen LogP contribution in [0.25, 0.3) is 0 Å². The van der Waals surface area contributed by atoms with Gasteiger partial charge >= 0.3 is 0 Å². The van der Waals surface area contributed by atoms with Gasteiger partial charge in [0.05, 0.1) is 11.0 Å². The fourth-order valence-corrected chi connectivity index (χ4v) is 4.12. The van der Waals surface area contributed by atoms with Gasteiger partial charge in [0, 0.05) is 24.7 Å². The van der Waals surface area contributed by atoms with Gasteiger partial charge < -0.3 is 4.74 Å². The molecular weight excluding hydrogens is 310 g/mol. The van der Waals surface area contributed by atoms with E-state index >= 15 is 0 Å². The Hall–Kier alpha value is -0.620. The minimum atomic E-state index is -3.45. The van der Waals surface area contributed by atoms with Crippen LogP contribution in [0.5, 0.6) is 0 Å². The van der Waals surface area contributed by atoms with E-state index in [1.807, 2.05) is 0 Å². The van der Waals surface area contributed by atoms with Crippen LogP contribution in [-0.4, -0.2) is 38.5 Å². The molecular formula is C15H22ClNO3S. The van der Waals surface area contributed by atoms with Crippen molar-refractivity contribution < 1.29 is 13.2 Å². The van der Waals surface area contributed by atoms with Crippen molar-refractivity contribution in [2.75, 3.05) is 19.7 Å². The molecule has 0 radical (unpaired) electrons. The molecule has 4 nitrogen and oxygen atoms in total. The van der Waals surface area contributed by atoms with E-state index in [0.717, 1.165) is 19.4 Å². The van der Waals surface area contributed by atoms with E-state index in [9.17, 15) is 8.42 Å². The van der Waals surface area contributed by atoms with Crippen molar-refractivity contribution in [1.29, 1.82) is 0 Å². The first kappa shape index (κ1) is 16.7. The van der Waals surface area contributed by atoms with Crippen LogP contribution in [0.2, 0.25) is 5.02 Å². The lowest BCUT2D eigenvalue weighted by atomic mass is 10.1. The Labute approximate surface area is 132 Å². The van der Waals surface area contributed by atoms with Gasteiger partial charge in [0.25, 0.3) is 0 Å². The van der Waals surface area contributed by atoms with Gasteiger partial charge in [0.2, 0.25) is 10.0 Å². The number of rotatable bonds is 5. The summed E-state index contributed by atoms with van der Waals surface area (Å²) in [5, 5.41) is 0.436. The van der Waals surface area contributed by atoms with Crippen molar-refractivity contribution in [2.45, 2.75) is 37.7 Å². The molecule has 118 valence electrons. The number of hydrogen-bond donors (Lipinski definition) is 0. The molecule has 1 aliphatic rings. The van der Waals surface area contributed by atoms with Crippen LogP contribution in [0.15, 0.2) is 29.2 Å². The molecule has 1 saturated heterocycles. The normalized spacial score (nSPS) is 18.3. The number of sulfonamides is 1. The van der Waals surface area contributed by atoms with Crippen molar-refractivity contribution in [3.8, 4) is 0 Å². The monoisotopic (exact) mass is 331 g/mol. The average molecular weight is 332 g/mol. The second kappa shape index (κ2) is 7.09. The van der Waals surface area contributed by atoms with Gasteiger partial charge in [-0.3, -0.25) is 0 Å². The molecule has 1 aromatic carbocycles. The Bertz CT molecular complexity index is 566. The molecule has 1 aromatic rings. The van der Waals surface area contributed by atoms with E-state index in [4.69, 9.17) is 16.3 Å². The molecule has 0 aliphatic carbocycles. The first-order chi connectivity index (χ1) is 9.89. The van der Waals surface area contributed by atoms with Crippen LogP contribution in [0.1, 0.15) is 26.7 Å². The van der Waals surface area contributed by atoms with Crippen molar-refractivity contribution in [2.24, 2.45) is 5.92 Å². The zero-order valence-electron chi connectivity index (χ0n) is 12.5.